The Morgan fingerprint density at radius 3 is 2.48 bits per heavy atom. The number of carbonyl (C=O) groups is 1. The van der Waals surface area contributed by atoms with Crippen molar-refractivity contribution in [2.24, 2.45) is 0 Å². The molecule has 6 heteroatoms. The van der Waals surface area contributed by atoms with Crippen molar-refractivity contribution in [2.75, 3.05) is 10.6 Å². The number of benzene rings is 2. The molecule has 2 atom stereocenters. The molecule has 5 nitrogen and oxygen atoms in total. The van der Waals surface area contributed by atoms with Crippen LogP contribution in [0.4, 0.5) is 5.69 Å². The molecule has 0 spiro atoms. The van der Waals surface area contributed by atoms with Crippen LogP contribution in [0.5, 0.6) is 0 Å². The Bertz CT molecular complexity index is 897. The molecule has 0 heterocycles. The molecule has 0 radical (unpaired) electrons. The molecule has 27 heavy (non-hydrogen) atoms. The lowest BCUT2D eigenvalue weighted by Crippen LogP contribution is -2.50. The number of nitrogens with one attached hydrogen (secondary N) is 1. The Morgan fingerprint density at radius 1 is 1.15 bits per heavy atom. The van der Waals surface area contributed by atoms with Crippen molar-refractivity contribution in [1.82, 2.24) is 5.32 Å². The fourth-order valence-electron chi connectivity index (χ4n) is 3.81. The molecule has 0 saturated heterocycles. The second kappa shape index (κ2) is 8.13. The molecule has 0 fully saturated rings. The van der Waals surface area contributed by atoms with Gasteiger partial charge in [0.1, 0.15) is 6.04 Å². The lowest BCUT2D eigenvalue weighted by Gasteiger charge is -2.33. The average molecular weight is 387 g/mol. The molecule has 3 rings (SSSR count). The summed E-state index contributed by atoms with van der Waals surface area (Å²) in [4.78, 5) is 13.1. The van der Waals surface area contributed by atoms with Crippen LogP contribution in [0.15, 0.2) is 54.6 Å². The first kappa shape index (κ1) is 19.4. The number of aryl methyl sites for hydroxylation is 1. The number of hydrogen-bond donors (Lipinski definition) is 1. The van der Waals surface area contributed by atoms with Crippen molar-refractivity contribution >= 4 is 21.6 Å². The molecule has 0 bridgehead atoms. The standard InChI is InChI=1S/C21H26N2O3S/c1-3-20(23(27(2,25)26)17-12-5-4-6-13-17)21(24)22-19-15-9-11-16-10-7-8-14-18(16)19/h4-8,10,12-14,19-20H,3,9,11,15H2,1-2H3,(H,22,24). The van der Waals surface area contributed by atoms with Crippen LogP contribution in [-0.2, 0) is 21.2 Å². The maximum absolute atomic E-state index is 13.1. The maximum atomic E-state index is 13.1. The van der Waals surface area contributed by atoms with Crippen molar-refractivity contribution < 1.29 is 13.2 Å². The number of para-hydroxylation sites is 1. The smallest absolute Gasteiger partial charge is 0.244 e. The van der Waals surface area contributed by atoms with Crippen LogP contribution in [0.25, 0.3) is 0 Å². The van der Waals surface area contributed by atoms with E-state index in [0.29, 0.717) is 12.1 Å². The average Bonchev–Trinajstić information content (AvgIpc) is 2.66. The van der Waals surface area contributed by atoms with E-state index >= 15 is 0 Å². The Hall–Kier alpha value is -2.34. The van der Waals surface area contributed by atoms with Gasteiger partial charge in [-0.3, -0.25) is 9.10 Å². The molecule has 0 aromatic heterocycles. The van der Waals surface area contributed by atoms with E-state index in [1.807, 2.05) is 31.2 Å². The lowest BCUT2D eigenvalue weighted by molar-refractivity contribution is -0.123. The molecular formula is C21H26N2O3S. The van der Waals surface area contributed by atoms with Crippen LogP contribution in [0.1, 0.15) is 43.4 Å². The monoisotopic (exact) mass is 386 g/mol. The summed E-state index contributed by atoms with van der Waals surface area (Å²) in [5.41, 5.74) is 2.90. The molecule has 1 aliphatic carbocycles. The summed E-state index contributed by atoms with van der Waals surface area (Å²) in [6.07, 6.45) is 4.42. The third-order valence-corrected chi connectivity index (χ3v) is 6.21. The van der Waals surface area contributed by atoms with Gasteiger partial charge < -0.3 is 5.32 Å². The van der Waals surface area contributed by atoms with Gasteiger partial charge in [0.2, 0.25) is 15.9 Å². The first-order chi connectivity index (χ1) is 12.9. The molecular weight excluding hydrogens is 360 g/mol. The zero-order valence-electron chi connectivity index (χ0n) is 15.8. The van der Waals surface area contributed by atoms with Crippen molar-refractivity contribution in [3.05, 3.63) is 65.7 Å². The summed E-state index contributed by atoms with van der Waals surface area (Å²) >= 11 is 0. The summed E-state index contributed by atoms with van der Waals surface area (Å²) in [6, 6.07) is 16.1. The molecule has 2 unspecified atom stereocenters. The third-order valence-electron chi connectivity index (χ3n) is 5.03. The van der Waals surface area contributed by atoms with Gasteiger partial charge in [-0.2, -0.15) is 0 Å². The molecule has 2 aromatic carbocycles. The van der Waals surface area contributed by atoms with Crippen LogP contribution in [0.2, 0.25) is 0 Å². The molecule has 0 saturated carbocycles. The van der Waals surface area contributed by atoms with E-state index in [0.717, 1.165) is 31.1 Å². The molecule has 1 N–H and O–H groups in total. The van der Waals surface area contributed by atoms with Gasteiger partial charge in [-0.1, -0.05) is 49.4 Å². The summed E-state index contributed by atoms with van der Waals surface area (Å²) in [6.45, 7) is 1.83. The number of amides is 1. The number of sulfonamides is 1. The quantitative estimate of drug-likeness (QED) is 0.827. The maximum Gasteiger partial charge on any atom is 0.244 e. The number of rotatable bonds is 6. The summed E-state index contributed by atoms with van der Waals surface area (Å²) in [5.74, 6) is -0.256. The Labute approximate surface area is 161 Å². The number of nitrogens with zero attached hydrogens (tertiary/aromatic N) is 1. The molecule has 0 aliphatic heterocycles. The van der Waals surface area contributed by atoms with Crippen molar-refractivity contribution in [1.29, 1.82) is 0 Å². The number of anilines is 1. The molecule has 2 aromatic rings. The second-order valence-electron chi connectivity index (χ2n) is 6.97. The van der Waals surface area contributed by atoms with E-state index in [9.17, 15) is 13.2 Å². The zero-order valence-corrected chi connectivity index (χ0v) is 16.6. The van der Waals surface area contributed by atoms with Crippen LogP contribution in [0.3, 0.4) is 0 Å². The first-order valence-corrected chi connectivity index (χ1v) is 11.2. The molecule has 144 valence electrons. The summed E-state index contributed by atoms with van der Waals surface area (Å²) < 4.78 is 26.2. The first-order valence-electron chi connectivity index (χ1n) is 9.34. The van der Waals surface area contributed by atoms with E-state index in [1.54, 1.807) is 24.3 Å². The summed E-state index contributed by atoms with van der Waals surface area (Å²) in [7, 11) is -3.60. The van der Waals surface area contributed by atoms with E-state index in [1.165, 1.54) is 9.87 Å². The minimum Gasteiger partial charge on any atom is -0.347 e. The van der Waals surface area contributed by atoms with E-state index in [2.05, 4.69) is 11.4 Å². The van der Waals surface area contributed by atoms with Gasteiger partial charge in [-0.05, 0) is 48.9 Å². The van der Waals surface area contributed by atoms with Gasteiger partial charge in [0.15, 0.2) is 0 Å². The normalized spacial score (nSPS) is 17.6. The van der Waals surface area contributed by atoms with Gasteiger partial charge in [-0.25, -0.2) is 8.42 Å². The van der Waals surface area contributed by atoms with Crippen LogP contribution < -0.4 is 9.62 Å². The van der Waals surface area contributed by atoms with Gasteiger partial charge >= 0.3 is 0 Å². The fraction of sp³-hybridized carbons (Fsp3) is 0.381. The minimum absolute atomic E-state index is 0.0753. The SMILES string of the molecule is CCC(C(=O)NC1CCCc2ccccc21)N(c1ccccc1)S(C)(=O)=O. The predicted octanol–water partition coefficient (Wildman–Crippen LogP) is 3.43. The van der Waals surface area contributed by atoms with Crippen molar-refractivity contribution in [3.63, 3.8) is 0 Å². The predicted molar refractivity (Wildman–Crippen MR) is 108 cm³/mol. The van der Waals surface area contributed by atoms with Crippen LogP contribution in [-0.4, -0.2) is 26.6 Å². The Morgan fingerprint density at radius 2 is 1.81 bits per heavy atom. The van der Waals surface area contributed by atoms with Gasteiger partial charge in [0.25, 0.3) is 0 Å². The molecule has 1 aliphatic rings. The fourth-order valence-corrected chi connectivity index (χ4v) is 5.02. The number of hydrogen-bond acceptors (Lipinski definition) is 3. The number of carbonyl (C=O) groups excluding carboxylic acids is 1. The highest BCUT2D eigenvalue weighted by atomic mass is 32.2. The Balaban J connectivity index is 1.87. The van der Waals surface area contributed by atoms with Gasteiger partial charge in [-0.15, -0.1) is 0 Å². The minimum atomic E-state index is -3.60. The van der Waals surface area contributed by atoms with Gasteiger partial charge in [0.05, 0.1) is 18.0 Å². The molecule has 1 amide bonds. The highest BCUT2D eigenvalue weighted by molar-refractivity contribution is 7.92. The third kappa shape index (κ3) is 4.33. The number of fused-ring (bicyclic) bond motifs is 1. The lowest BCUT2D eigenvalue weighted by atomic mass is 9.87. The van der Waals surface area contributed by atoms with E-state index in [4.69, 9.17) is 0 Å². The second-order valence-corrected chi connectivity index (χ2v) is 8.83. The van der Waals surface area contributed by atoms with Crippen LogP contribution >= 0.6 is 0 Å². The Kier molecular flexibility index (Phi) is 5.85. The topological polar surface area (TPSA) is 66.5 Å². The highest BCUT2D eigenvalue weighted by Gasteiger charge is 2.33. The van der Waals surface area contributed by atoms with Gasteiger partial charge in [0, 0.05) is 0 Å². The van der Waals surface area contributed by atoms with E-state index < -0.39 is 16.1 Å². The highest BCUT2D eigenvalue weighted by Crippen LogP contribution is 2.30. The van der Waals surface area contributed by atoms with E-state index in [-0.39, 0.29) is 11.9 Å². The summed E-state index contributed by atoms with van der Waals surface area (Å²) in [5, 5.41) is 3.10. The van der Waals surface area contributed by atoms with Crippen molar-refractivity contribution in [3.8, 4) is 0 Å². The largest absolute Gasteiger partial charge is 0.347 e. The van der Waals surface area contributed by atoms with Crippen molar-refractivity contribution in [2.45, 2.75) is 44.7 Å². The zero-order chi connectivity index (χ0) is 19.4. The van der Waals surface area contributed by atoms with Crippen LogP contribution in [0, 0.1) is 0 Å².